The molecule has 5 heteroatoms. The van der Waals surface area contributed by atoms with E-state index in [0.29, 0.717) is 32.1 Å². The van der Waals surface area contributed by atoms with E-state index >= 15 is 0 Å². The zero-order valence-electron chi connectivity index (χ0n) is 9.56. The highest BCUT2D eigenvalue weighted by Crippen LogP contribution is 2.31. The molecule has 1 N–H and O–H groups in total. The van der Waals surface area contributed by atoms with Gasteiger partial charge in [0, 0.05) is 12.6 Å². The molecule has 0 fully saturated rings. The molecule has 2 rings (SSSR count). The van der Waals surface area contributed by atoms with Crippen LogP contribution < -0.4 is 9.64 Å². The molecular formula is C12H16FNO3. The maximum Gasteiger partial charge on any atom is 0.145 e. The van der Waals surface area contributed by atoms with Crippen LogP contribution in [-0.4, -0.2) is 44.6 Å². The summed E-state index contributed by atoms with van der Waals surface area (Å²) in [5.74, 6) is 0.292. The lowest BCUT2D eigenvalue weighted by molar-refractivity contribution is 0.0959. The Hall–Kier alpha value is -1.33. The van der Waals surface area contributed by atoms with Crippen molar-refractivity contribution >= 4 is 5.69 Å². The summed E-state index contributed by atoms with van der Waals surface area (Å²) >= 11 is 0. The zero-order valence-corrected chi connectivity index (χ0v) is 9.56. The maximum absolute atomic E-state index is 13.0. The number of nitrogens with zero attached hydrogens (tertiary/aromatic N) is 1. The van der Waals surface area contributed by atoms with Crippen molar-refractivity contribution in [3.8, 4) is 5.75 Å². The Kier molecular flexibility index (Phi) is 4.17. The molecule has 0 atom stereocenters. The van der Waals surface area contributed by atoms with Crippen molar-refractivity contribution in [2.24, 2.45) is 0 Å². The van der Waals surface area contributed by atoms with Crippen LogP contribution in [0.5, 0.6) is 5.75 Å². The lowest BCUT2D eigenvalue weighted by atomic mass is 10.2. The minimum absolute atomic E-state index is 0.0326. The molecule has 0 saturated heterocycles. The van der Waals surface area contributed by atoms with E-state index in [0.717, 1.165) is 12.2 Å². The molecule has 4 nitrogen and oxygen atoms in total. The monoisotopic (exact) mass is 241 g/mol. The van der Waals surface area contributed by atoms with E-state index in [9.17, 15) is 4.39 Å². The Bertz CT molecular complexity index is 373. The van der Waals surface area contributed by atoms with E-state index in [1.54, 1.807) is 6.07 Å². The van der Waals surface area contributed by atoms with E-state index in [4.69, 9.17) is 14.6 Å². The number of fused-ring (bicyclic) bond motifs is 1. The summed E-state index contributed by atoms with van der Waals surface area (Å²) in [5, 5.41) is 8.59. The molecule has 1 aliphatic heterocycles. The van der Waals surface area contributed by atoms with Crippen LogP contribution in [0.25, 0.3) is 0 Å². The quantitative estimate of drug-likeness (QED) is 0.782. The predicted octanol–water partition coefficient (Wildman–Crippen LogP) is 1.03. The van der Waals surface area contributed by atoms with Crippen LogP contribution in [0.1, 0.15) is 0 Å². The molecule has 1 aromatic rings. The van der Waals surface area contributed by atoms with Crippen molar-refractivity contribution in [1.82, 2.24) is 0 Å². The summed E-state index contributed by atoms with van der Waals surface area (Å²) in [6.07, 6.45) is 0. The molecular weight excluding hydrogens is 225 g/mol. The third kappa shape index (κ3) is 3.08. The largest absolute Gasteiger partial charge is 0.489 e. The lowest BCUT2D eigenvalue weighted by Crippen LogP contribution is -2.35. The molecule has 0 aromatic heterocycles. The number of hydrogen-bond acceptors (Lipinski definition) is 4. The molecule has 0 bridgehead atoms. The molecule has 94 valence electrons. The Morgan fingerprint density at radius 3 is 3.12 bits per heavy atom. The molecule has 17 heavy (non-hydrogen) atoms. The van der Waals surface area contributed by atoms with Crippen molar-refractivity contribution in [2.45, 2.75) is 0 Å². The highest BCUT2D eigenvalue weighted by atomic mass is 19.1. The Labute approximate surface area is 99.6 Å². The third-order valence-electron chi connectivity index (χ3n) is 2.62. The fourth-order valence-corrected chi connectivity index (χ4v) is 1.82. The Morgan fingerprint density at radius 1 is 1.41 bits per heavy atom. The fraction of sp³-hybridized carbons (Fsp3) is 0.500. The van der Waals surface area contributed by atoms with Gasteiger partial charge in [0.05, 0.1) is 32.1 Å². The second-order valence-electron chi connectivity index (χ2n) is 3.78. The van der Waals surface area contributed by atoms with Crippen LogP contribution in [0, 0.1) is 5.82 Å². The fourth-order valence-electron chi connectivity index (χ4n) is 1.82. The van der Waals surface area contributed by atoms with Crippen molar-refractivity contribution in [3.05, 3.63) is 24.0 Å². The number of anilines is 1. The summed E-state index contributed by atoms with van der Waals surface area (Å²) in [4.78, 5) is 2.09. The smallest absolute Gasteiger partial charge is 0.145 e. The number of rotatable bonds is 5. The topological polar surface area (TPSA) is 41.9 Å². The van der Waals surface area contributed by atoms with Crippen LogP contribution in [0.3, 0.4) is 0 Å². The Balaban J connectivity index is 1.97. The molecule has 1 aromatic carbocycles. The zero-order chi connectivity index (χ0) is 12.1. The summed E-state index contributed by atoms with van der Waals surface area (Å²) in [6.45, 7) is 2.95. The second-order valence-corrected chi connectivity index (χ2v) is 3.78. The lowest BCUT2D eigenvalue weighted by Gasteiger charge is -2.31. The molecule has 0 spiro atoms. The number of benzene rings is 1. The van der Waals surface area contributed by atoms with Gasteiger partial charge in [0.25, 0.3) is 0 Å². The van der Waals surface area contributed by atoms with E-state index < -0.39 is 0 Å². The predicted molar refractivity (Wildman–Crippen MR) is 62.0 cm³/mol. The van der Waals surface area contributed by atoms with Crippen LogP contribution >= 0.6 is 0 Å². The van der Waals surface area contributed by atoms with E-state index in [2.05, 4.69) is 4.90 Å². The summed E-state index contributed by atoms with van der Waals surface area (Å²) in [7, 11) is 0. The molecule has 0 radical (unpaired) electrons. The van der Waals surface area contributed by atoms with Gasteiger partial charge < -0.3 is 19.5 Å². The van der Waals surface area contributed by atoms with Crippen molar-refractivity contribution in [2.75, 3.05) is 44.4 Å². The molecule has 1 aliphatic rings. The standard InChI is InChI=1S/C12H16FNO3/c13-10-1-2-11-12(9-10)17-7-4-14(11)3-6-16-8-5-15/h1-2,9,15H,3-8H2. The Morgan fingerprint density at radius 2 is 2.29 bits per heavy atom. The number of hydrogen-bond donors (Lipinski definition) is 1. The molecule has 0 unspecified atom stereocenters. The molecule has 0 aliphatic carbocycles. The van der Waals surface area contributed by atoms with Crippen molar-refractivity contribution in [1.29, 1.82) is 0 Å². The first-order valence-corrected chi connectivity index (χ1v) is 5.67. The first-order valence-electron chi connectivity index (χ1n) is 5.67. The SMILES string of the molecule is OCCOCCN1CCOc2cc(F)ccc21. The second kappa shape index (κ2) is 5.84. The van der Waals surface area contributed by atoms with Gasteiger partial charge in [-0.1, -0.05) is 0 Å². The van der Waals surface area contributed by atoms with Crippen LogP contribution in [0.15, 0.2) is 18.2 Å². The third-order valence-corrected chi connectivity index (χ3v) is 2.62. The van der Waals surface area contributed by atoms with Gasteiger partial charge in [-0.3, -0.25) is 0 Å². The highest BCUT2D eigenvalue weighted by molar-refractivity contribution is 5.59. The summed E-state index contributed by atoms with van der Waals surface area (Å²) < 4.78 is 23.6. The van der Waals surface area contributed by atoms with Gasteiger partial charge in [0.2, 0.25) is 0 Å². The van der Waals surface area contributed by atoms with Crippen LogP contribution in [-0.2, 0) is 4.74 Å². The van der Waals surface area contributed by atoms with E-state index in [1.165, 1.54) is 12.1 Å². The van der Waals surface area contributed by atoms with Crippen LogP contribution in [0.4, 0.5) is 10.1 Å². The normalized spacial score (nSPS) is 14.4. The molecule has 0 amide bonds. The number of aliphatic hydroxyl groups excluding tert-OH is 1. The number of aliphatic hydroxyl groups is 1. The van der Waals surface area contributed by atoms with Crippen LogP contribution in [0.2, 0.25) is 0 Å². The first-order chi connectivity index (χ1) is 8.31. The van der Waals surface area contributed by atoms with Gasteiger partial charge >= 0.3 is 0 Å². The van der Waals surface area contributed by atoms with Crippen molar-refractivity contribution < 1.29 is 19.0 Å². The van der Waals surface area contributed by atoms with E-state index in [-0.39, 0.29) is 12.4 Å². The number of halogens is 1. The number of ether oxygens (including phenoxy) is 2. The molecule has 0 saturated carbocycles. The van der Waals surface area contributed by atoms with Gasteiger partial charge in [0.1, 0.15) is 18.2 Å². The maximum atomic E-state index is 13.0. The van der Waals surface area contributed by atoms with Crippen molar-refractivity contribution in [3.63, 3.8) is 0 Å². The molecule has 1 heterocycles. The van der Waals surface area contributed by atoms with Gasteiger partial charge in [0.15, 0.2) is 0 Å². The van der Waals surface area contributed by atoms with Gasteiger partial charge in [-0.25, -0.2) is 4.39 Å². The summed E-state index contributed by atoms with van der Waals surface area (Å²) in [5.41, 5.74) is 0.894. The van der Waals surface area contributed by atoms with Gasteiger partial charge in [-0.15, -0.1) is 0 Å². The average Bonchev–Trinajstić information content (AvgIpc) is 2.34. The minimum atomic E-state index is -0.290. The summed E-state index contributed by atoms with van der Waals surface area (Å²) in [6, 6.07) is 4.54. The highest BCUT2D eigenvalue weighted by Gasteiger charge is 2.17. The van der Waals surface area contributed by atoms with Gasteiger partial charge in [-0.05, 0) is 12.1 Å². The minimum Gasteiger partial charge on any atom is -0.489 e. The average molecular weight is 241 g/mol. The van der Waals surface area contributed by atoms with Gasteiger partial charge in [-0.2, -0.15) is 0 Å². The van der Waals surface area contributed by atoms with E-state index in [1.807, 2.05) is 0 Å². The first kappa shape index (κ1) is 12.1.